The molecule has 1 fully saturated rings. The zero-order valence-corrected chi connectivity index (χ0v) is 18.2. The van der Waals surface area contributed by atoms with Gasteiger partial charge in [-0.15, -0.1) is 0 Å². The third-order valence-corrected chi connectivity index (χ3v) is 5.70. The van der Waals surface area contributed by atoms with Gasteiger partial charge in [-0.1, -0.05) is 11.6 Å². The highest BCUT2D eigenvalue weighted by Crippen LogP contribution is 2.37. The summed E-state index contributed by atoms with van der Waals surface area (Å²) in [6.45, 7) is 7.01. The molecule has 5 nitrogen and oxygen atoms in total. The summed E-state index contributed by atoms with van der Waals surface area (Å²) in [5, 5.41) is 3.64. The number of rotatable bonds is 3. The van der Waals surface area contributed by atoms with E-state index in [1.54, 1.807) is 27.7 Å². The van der Waals surface area contributed by atoms with Crippen LogP contribution in [0.25, 0.3) is 0 Å². The molecule has 2 amide bonds. The smallest absolute Gasteiger partial charge is 0.399 e. The van der Waals surface area contributed by atoms with Crippen molar-refractivity contribution < 1.29 is 36.1 Å². The first-order valence-electron chi connectivity index (χ1n) is 9.40. The zero-order chi connectivity index (χ0) is 24.1. The molecular weight excluding hydrogens is 457 g/mol. The van der Waals surface area contributed by atoms with Crippen LogP contribution in [0.15, 0.2) is 30.3 Å². The molecule has 3 rings (SSSR count). The molecule has 2 aromatic carbocycles. The molecule has 1 saturated heterocycles. The summed E-state index contributed by atoms with van der Waals surface area (Å²) in [4.78, 5) is 12.1. The highest BCUT2D eigenvalue weighted by Gasteiger charge is 2.52. The van der Waals surface area contributed by atoms with Crippen LogP contribution in [-0.4, -0.2) is 24.4 Å². The second kappa shape index (κ2) is 8.20. The fraction of sp³-hybridized carbons (Fsp3) is 0.350. The van der Waals surface area contributed by atoms with Crippen molar-refractivity contribution in [1.29, 1.82) is 0 Å². The minimum Gasteiger partial charge on any atom is -0.399 e. The molecule has 1 aliphatic rings. The predicted octanol–water partition coefficient (Wildman–Crippen LogP) is 5.58. The Morgan fingerprint density at radius 1 is 0.969 bits per heavy atom. The number of nitrogens with one attached hydrogen (secondary N) is 2. The first kappa shape index (κ1) is 24.3. The zero-order valence-electron chi connectivity index (χ0n) is 17.5. The predicted molar refractivity (Wildman–Crippen MR) is 111 cm³/mol. The van der Waals surface area contributed by atoms with Gasteiger partial charge in [0.1, 0.15) is 11.6 Å². The van der Waals surface area contributed by atoms with Gasteiger partial charge in [-0.3, -0.25) is 0 Å². The number of alkyl halides is 3. The summed E-state index contributed by atoms with van der Waals surface area (Å²) in [5.41, 5.74) is -3.66. The van der Waals surface area contributed by atoms with Crippen molar-refractivity contribution in [3.63, 3.8) is 0 Å². The summed E-state index contributed by atoms with van der Waals surface area (Å²) in [5.74, 6) is -1.88. The molecule has 0 bridgehead atoms. The lowest BCUT2D eigenvalue weighted by molar-refractivity contribution is -0.137. The number of hydrogen-bond donors (Lipinski definition) is 2. The lowest BCUT2D eigenvalue weighted by Gasteiger charge is -2.32. The fourth-order valence-electron chi connectivity index (χ4n) is 2.91. The lowest BCUT2D eigenvalue weighted by Crippen LogP contribution is -2.41. The van der Waals surface area contributed by atoms with Crippen LogP contribution in [0.1, 0.15) is 33.3 Å². The summed E-state index contributed by atoms with van der Waals surface area (Å²) >= 11 is 5.53. The average Bonchev–Trinajstić information content (AvgIpc) is 2.85. The largest absolute Gasteiger partial charge is 0.497 e. The second-order valence-electron chi connectivity index (χ2n) is 8.21. The number of urea groups is 1. The number of benzene rings is 2. The normalized spacial score (nSPS) is 17.4. The van der Waals surface area contributed by atoms with Crippen LogP contribution in [0.3, 0.4) is 0 Å². The van der Waals surface area contributed by atoms with Gasteiger partial charge in [0.2, 0.25) is 0 Å². The first-order chi connectivity index (χ1) is 14.6. The van der Waals surface area contributed by atoms with Crippen molar-refractivity contribution in [3.8, 4) is 0 Å². The monoisotopic (exact) mass is 476 g/mol. The quantitative estimate of drug-likeness (QED) is 0.449. The molecule has 12 heteroatoms. The molecular formula is C20H19BClF5N2O3. The molecule has 0 saturated carbocycles. The van der Waals surface area contributed by atoms with E-state index in [0.717, 1.165) is 24.3 Å². The summed E-state index contributed by atoms with van der Waals surface area (Å²) in [6.07, 6.45) is -4.73. The number of hydrogen-bond acceptors (Lipinski definition) is 3. The van der Waals surface area contributed by atoms with E-state index in [-0.39, 0.29) is 11.2 Å². The molecule has 0 spiro atoms. The van der Waals surface area contributed by atoms with E-state index < -0.39 is 58.4 Å². The van der Waals surface area contributed by atoms with E-state index in [1.807, 2.05) is 0 Å². The van der Waals surface area contributed by atoms with Crippen LogP contribution in [0.2, 0.25) is 5.02 Å². The third kappa shape index (κ3) is 4.84. The first-order valence-corrected chi connectivity index (χ1v) is 9.78. The number of halogens is 6. The SMILES string of the molecule is CC1(C)OB(c2cc(F)c(NC(=O)Nc3ccc(Cl)c(C(F)(F)F)c3)cc2F)OC1(C)C. The van der Waals surface area contributed by atoms with Crippen LogP contribution >= 0.6 is 11.6 Å². The maximum absolute atomic E-state index is 14.7. The molecule has 0 atom stereocenters. The van der Waals surface area contributed by atoms with Gasteiger partial charge in [-0.2, -0.15) is 13.2 Å². The van der Waals surface area contributed by atoms with E-state index >= 15 is 0 Å². The van der Waals surface area contributed by atoms with E-state index in [4.69, 9.17) is 20.9 Å². The molecule has 1 heterocycles. The fourth-order valence-corrected chi connectivity index (χ4v) is 3.14. The Bertz CT molecular complexity index is 1050. The molecule has 0 aromatic heterocycles. The molecule has 1 aliphatic heterocycles. The molecule has 32 heavy (non-hydrogen) atoms. The standard InChI is InChI=1S/C20H19BClF5N2O3/c1-18(2)19(3,4)32-21(31-18)12-8-15(24)16(9-14(12)23)29-17(30)28-10-5-6-13(22)11(7-10)20(25,26)27/h5-9H,1-4H3,(H2,28,29,30). The van der Waals surface area contributed by atoms with Crippen molar-refractivity contribution >= 4 is 41.6 Å². The topological polar surface area (TPSA) is 59.6 Å². The van der Waals surface area contributed by atoms with Gasteiger partial charge < -0.3 is 19.9 Å². The Kier molecular flexibility index (Phi) is 6.22. The second-order valence-corrected chi connectivity index (χ2v) is 8.62. The molecule has 172 valence electrons. The van der Waals surface area contributed by atoms with Gasteiger partial charge >= 0.3 is 19.3 Å². The van der Waals surface area contributed by atoms with Gasteiger partial charge in [-0.05, 0) is 52.0 Å². The van der Waals surface area contributed by atoms with Crippen LogP contribution in [0.5, 0.6) is 0 Å². The molecule has 0 aliphatic carbocycles. The Morgan fingerprint density at radius 3 is 2.12 bits per heavy atom. The summed E-state index contributed by atoms with van der Waals surface area (Å²) in [7, 11) is -1.16. The van der Waals surface area contributed by atoms with Gasteiger partial charge in [0.05, 0.1) is 27.5 Å². The minimum atomic E-state index is -4.73. The van der Waals surface area contributed by atoms with Crippen molar-refractivity contribution in [2.45, 2.75) is 45.1 Å². The molecule has 2 aromatic rings. The summed E-state index contributed by atoms with van der Waals surface area (Å²) in [6, 6.07) is 3.20. The Labute approximate surface area is 186 Å². The van der Waals surface area contributed by atoms with Crippen molar-refractivity contribution in [2.24, 2.45) is 0 Å². The van der Waals surface area contributed by atoms with E-state index in [9.17, 15) is 26.7 Å². The van der Waals surface area contributed by atoms with Gasteiger partial charge in [-0.25, -0.2) is 13.6 Å². The highest BCUT2D eigenvalue weighted by atomic mass is 35.5. The van der Waals surface area contributed by atoms with E-state index in [1.165, 1.54) is 0 Å². The molecule has 0 unspecified atom stereocenters. The summed E-state index contributed by atoms with van der Waals surface area (Å²) < 4.78 is 79.5. The number of carbonyl (C=O) groups is 1. The molecule has 0 radical (unpaired) electrons. The van der Waals surface area contributed by atoms with Crippen LogP contribution in [-0.2, 0) is 15.5 Å². The number of carbonyl (C=O) groups excluding carboxylic acids is 1. The maximum atomic E-state index is 14.7. The maximum Gasteiger partial charge on any atom is 0.497 e. The van der Waals surface area contributed by atoms with Crippen LogP contribution in [0.4, 0.5) is 38.1 Å². The lowest BCUT2D eigenvalue weighted by atomic mass is 9.78. The number of amides is 2. The Morgan fingerprint density at radius 2 is 1.56 bits per heavy atom. The van der Waals surface area contributed by atoms with E-state index in [2.05, 4.69) is 10.6 Å². The molecule has 2 N–H and O–H groups in total. The van der Waals surface area contributed by atoms with Crippen LogP contribution < -0.4 is 16.1 Å². The van der Waals surface area contributed by atoms with Crippen molar-refractivity contribution in [2.75, 3.05) is 10.6 Å². The van der Waals surface area contributed by atoms with Crippen molar-refractivity contribution in [1.82, 2.24) is 0 Å². The van der Waals surface area contributed by atoms with Gasteiger partial charge in [0.25, 0.3) is 0 Å². The van der Waals surface area contributed by atoms with Gasteiger partial charge in [0, 0.05) is 17.2 Å². The Hall–Kier alpha value is -2.37. The van der Waals surface area contributed by atoms with Crippen molar-refractivity contribution in [3.05, 3.63) is 52.6 Å². The van der Waals surface area contributed by atoms with Gasteiger partial charge in [0.15, 0.2) is 0 Å². The number of anilines is 2. The third-order valence-electron chi connectivity index (χ3n) is 5.37. The van der Waals surface area contributed by atoms with Crippen LogP contribution in [0, 0.1) is 11.6 Å². The average molecular weight is 477 g/mol. The highest BCUT2D eigenvalue weighted by molar-refractivity contribution is 6.62. The van der Waals surface area contributed by atoms with E-state index in [0.29, 0.717) is 6.07 Å². The Balaban J connectivity index is 1.76. The minimum absolute atomic E-state index is 0.195.